The molecule has 106 valence electrons. The van der Waals surface area contributed by atoms with Crippen molar-refractivity contribution in [1.29, 1.82) is 0 Å². The highest BCUT2D eigenvalue weighted by Gasteiger charge is 2.25. The van der Waals surface area contributed by atoms with Crippen LogP contribution in [-0.2, 0) is 4.74 Å². The molecule has 1 N–H and O–H groups in total. The minimum atomic E-state index is 0.349. The van der Waals surface area contributed by atoms with E-state index in [1.165, 1.54) is 0 Å². The van der Waals surface area contributed by atoms with Gasteiger partial charge in [0.25, 0.3) is 0 Å². The van der Waals surface area contributed by atoms with Crippen LogP contribution in [0.2, 0.25) is 5.02 Å². The first kappa shape index (κ1) is 14.6. The van der Waals surface area contributed by atoms with Gasteiger partial charge in [-0.1, -0.05) is 24.6 Å². The summed E-state index contributed by atoms with van der Waals surface area (Å²) in [5, 5.41) is 4.27. The van der Waals surface area contributed by atoms with E-state index in [1.54, 1.807) is 0 Å². The molecule has 2 unspecified atom stereocenters. The molecule has 0 aliphatic carbocycles. The van der Waals surface area contributed by atoms with Crippen LogP contribution in [0.1, 0.15) is 19.8 Å². The monoisotopic (exact) mass is 283 g/mol. The van der Waals surface area contributed by atoms with Crippen molar-refractivity contribution >= 4 is 11.6 Å². The molecule has 1 aromatic rings. The fourth-order valence-electron chi connectivity index (χ4n) is 2.30. The summed E-state index contributed by atoms with van der Waals surface area (Å²) in [4.78, 5) is 0. The lowest BCUT2D eigenvalue weighted by molar-refractivity contribution is 0.160. The summed E-state index contributed by atoms with van der Waals surface area (Å²) in [5.74, 6) is 1.38. The summed E-state index contributed by atoms with van der Waals surface area (Å²) in [7, 11) is 0. The van der Waals surface area contributed by atoms with Crippen molar-refractivity contribution in [3.63, 3.8) is 0 Å². The largest absolute Gasteiger partial charge is 0.492 e. The molecule has 0 radical (unpaired) electrons. The molecular weight excluding hydrogens is 262 g/mol. The molecular formula is C15H22ClNO2. The van der Waals surface area contributed by atoms with Crippen molar-refractivity contribution in [3.8, 4) is 5.75 Å². The van der Waals surface area contributed by atoms with Crippen molar-refractivity contribution in [1.82, 2.24) is 5.32 Å². The third-order valence-corrected chi connectivity index (χ3v) is 3.65. The molecule has 2 atom stereocenters. The van der Waals surface area contributed by atoms with Gasteiger partial charge in [-0.3, -0.25) is 0 Å². The Hall–Kier alpha value is -0.770. The molecule has 0 spiro atoms. The van der Waals surface area contributed by atoms with Crippen molar-refractivity contribution in [2.75, 3.05) is 26.4 Å². The quantitative estimate of drug-likeness (QED) is 0.834. The van der Waals surface area contributed by atoms with Crippen LogP contribution in [0.5, 0.6) is 5.75 Å². The molecule has 3 nitrogen and oxygen atoms in total. The second-order valence-corrected chi connectivity index (χ2v) is 5.39. The molecule has 2 rings (SSSR count). The first-order chi connectivity index (χ1) is 9.29. The Morgan fingerprint density at radius 2 is 2.42 bits per heavy atom. The Kier molecular flexibility index (Phi) is 5.95. The van der Waals surface area contributed by atoms with Crippen LogP contribution in [0, 0.1) is 5.92 Å². The van der Waals surface area contributed by atoms with Gasteiger partial charge < -0.3 is 14.8 Å². The van der Waals surface area contributed by atoms with E-state index in [9.17, 15) is 0 Å². The van der Waals surface area contributed by atoms with Crippen molar-refractivity contribution in [2.45, 2.75) is 25.8 Å². The van der Waals surface area contributed by atoms with Gasteiger partial charge in [-0.05, 0) is 37.6 Å². The van der Waals surface area contributed by atoms with E-state index in [4.69, 9.17) is 21.1 Å². The molecule has 0 bridgehead atoms. The van der Waals surface area contributed by atoms with Gasteiger partial charge in [0, 0.05) is 23.6 Å². The predicted molar refractivity (Wildman–Crippen MR) is 78.0 cm³/mol. The van der Waals surface area contributed by atoms with Crippen LogP contribution < -0.4 is 10.1 Å². The lowest BCUT2D eigenvalue weighted by Crippen LogP contribution is -2.41. The Morgan fingerprint density at radius 1 is 1.53 bits per heavy atom. The second-order valence-electron chi connectivity index (χ2n) is 4.95. The zero-order chi connectivity index (χ0) is 13.5. The summed E-state index contributed by atoms with van der Waals surface area (Å²) in [6.07, 6.45) is 2.24. The summed E-state index contributed by atoms with van der Waals surface area (Å²) in [6.45, 7) is 5.55. The van der Waals surface area contributed by atoms with Crippen LogP contribution in [-0.4, -0.2) is 32.4 Å². The molecule has 1 saturated heterocycles. The maximum Gasteiger partial charge on any atom is 0.120 e. The SMILES string of the molecule is CCCNC(COc1cccc(Cl)c1)C1CCOC1. The van der Waals surface area contributed by atoms with Crippen molar-refractivity contribution in [2.24, 2.45) is 5.92 Å². The second kappa shape index (κ2) is 7.73. The number of hydrogen-bond acceptors (Lipinski definition) is 3. The van der Waals surface area contributed by atoms with Gasteiger partial charge >= 0.3 is 0 Å². The van der Waals surface area contributed by atoms with Crippen LogP contribution in [0.4, 0.5) is 0 Å². The van der Waals surface area contributed by atoms with Crippen molar-refractivity contribution in [3.05, 3.63) is 29.3 Å². The fraction of sp³-hybridized carbons (Fsp3) is 0.600. The normalized spacial score (nSPS) is 20.4. The van der Waals surface area contributed by atoms with Gasteiger partial charge in [-0.25, -0.2) is 0 Å². The van der Waals surface area contributed by atoms with Gasteiger partial charge in [0.05, 0.1) is 6.61 Å². The fourth-order valence-corrected chi connectivity index (χ4v) is 2.48. The summed E-state index contributed by atoms with van der Waals surface area (Å²) in [6, 6.07) is 7.90. The van der Waals surface area contributed by atoms with Crippen LogP contribution in [0.15, 0.2) is 24.3 Å². The number of ether oxygens (including phenoxy) is 2. The van der Waals surface area contributed by atoms with E-state index in [0.717, 1.165) is 38.3 Å². The van der Waals surface area contributed by atoms with Gasteiger partial charge in [0.2, 0.25) is 0 Å². The standard InChI is InChI=1S/C15H22ClNO2/c1-2-7-17-15(12-6-8-18-10-12)11-19-14-5-3-4-13(16)9-14/h3-5,9,12,15,17H,2,6-8,10-11H2,1H3. The van der Waals surface area contributed by atoms with Gasteiger partial charge in [0.15, 0.2) is 0 Å². The van der Waals surface area contributed by atoms with Gasteiger partial charge in [-0.2, -0.15) is 0 Å². The molecule has 0 amide bonds. The van der Waals surface area contributed by atoms with E-state index < -0.39 is 0 Å². The van der Waals surface area contributed by atoms with Gasteiger partial charge in [-0.15, -0.1) is 0 Å². The van der Waals surface area contributed by atoms with Crippen molar-refractivity contribution < 1.29 is 9.47 Å². The van der Waals surface area contributed by atoms with Crippen LogP contribution >= 0.6 is 11.6 Å². The van der Waals surface area contributed by atoms with E-state index in [0.29, 0.717) is 23.6 Å². The van der Waals surface area contributed by atoms with Gasteiger partial charge in [0.1, 0.15) is 12.4 Å². The average Bonchev–Trinajstić information content (AvgIpc) is 2.93. The number of nitrogens with one attached hydrogen (secondary N) is 1. The highest BCUT2D eigenvalue weighted by molar-refractivity contribution is 6.30. The molecule has 4 heteroatoms. The molecule has 1 heterocycles. The van der Waals surface area contributed by atoms with E-state index in [2.05, 4.69) is 12.2 Å². The lowest BCUT2D eigenvalue weighted by Gasteiger charge is -2.24. The number of hydrogen-bond donors (Lipinski definition) is 1. The third kappa shape index (κ3) is 4.68. The Bertz CT molecular complexity index is 380. The zero-order valence-electron chi connectivity index (χ0n) is 11.4. The molecule has 0 saturated carbocycles. The maximum absolute atomic E-state index is 5.96. The molecule has 1 aliphatic heterocycles. The van der Waals surface area contributed by atoms with E-state index >= 15 is 0 Å². The van der Waals surface area contributed by atoms with E-state index in [-0.39, 0.29) is 0 Å². The van der Waals surface area contributed by atoms with E-state index in [1.807, 2.05) is 24.3 Å². The predicted octanol–water partition coefficient (Wildman–Crippen LogP) is 3.12. The minimum Gasteiger partial charge on any atom is -0.492 e. The number of rotatable bonds is 7. The molecule has 1 aliphatic rings. The van der Waals surface area contributed by atoms with Crippen LogP contribution in [0.3, 0.4) is 0 Å². The summed E-state index contributed by atoms with van der Waals surface area (Å²) >= 11 is 5.96. The molecule has 1 fully saturated rings. The Labute approximate surface area is 120 Å². The number of benzene rings is 1. The molecule has 19 heavy (non-hydrogen) atoms. The molecule has 0 aromatic heterocycles. The lowest BCUT2D eigenvalue weighted by atomic mass is 9.99. The minimum absolute atomic E-state index is 0.349. The Balaban J connectivity index is 1.88. The van der Waals surface area contributed by atoms with Crippen LogP contribution in [0.25, 0.3) is 0 Å². The highest BCUT2D eigenvalue weighted by atomic mass is 35.5. The summed E-state index contributed by atoms with van der Waals surface area (Å²) in [5.41, 5.74) is 0. The maximum atomic E-state index is 5.96. The zero-order valence-corrected chi connectivity index (χ0v) is 12.2. The summed E-state index contributed by atoms with van der Waals surface area (Å²) < 4.78 is 11.3. The number of halogens is 1. The average molecular weight is 284 g/mol. The molecule has 1 aromatic carbocycles. The Morgan fingerprint density at radius 3 is 3.11 bits per heavy atom. The topological polar surface area (TPSA) is 30.5 Å². The third-order valence-electron chi connectivity index (χ3n) is 3.42. The first-order valence-corrected chi connectivity index (χ1v) is 7.37. The smallest absolute Gasteiger partial charge is 0.120 e. The first-order valence-electron chi connectivity index (χ1n) is 6.99. The highest BCUT2D eigenvalue weighted by Crippen LogP contribution is 2.20.